The molecule has 88 valence electrons. The van der Waals surface area contributed by atoms with Gasteiger partial charge in [-0.1, -0.05) is 0 Å². The Morgan fingerprint density at radius 2 is 2.20 bits per heavy atom. The van der Waals surface area contributed by atoms with Crippen LogP contribution in [-0.2, 0) is 9.47 Å². The van der Waals surface area contributed by atoms with Gasteiger partial charge in [-0.3, -0.25) is 0 Å². The maximum Gasteiger partial charge on any atom is 0.407 e. The Labute approximate surface area is 91.3 Å². The van der Waals surface area contributed by atoms with Crippen molar-refractivity contribution < 1.29 is 14.3 Å². The first kappa shape index (κ1) is 12.3. The van der Waals surface area contributed by atoms with Crippen LogP contribution < -0.4 is 5.32 Å². The van der Waals surface area contributed by atoms with Crippen molar-refractivity contribution in [2.75, 3.05) is 6.61 Å². The van der Waals surface area contributed by atoms with Gasteiger partial charge in [0.1, 0.15) is 0 Å². The molecule has 1 heterocycles. The molecule has 1 aliphatic heterocycles. The lowest BCUT2D eigenvalue weighted by Gasteiger charge is -2.35. The summed E-state index contributed by atoms with van der Waals surface area (Å²) in [5.41, 5.74) is -0.145. The Kier molecular flexibility index (Phi) is 3.97. The van der Waals surface area contributed by atoms with Gasteiger partial charge in [-0.05, 0) is 40.5 Å². The van der Waals surface area contributed by atoms with Crippen molar-refractivity contribution in [3.63, 3.8) is 0 Å². The Balaban J connectivity index is 2.35. The first-order valence-electron chi connectivity index (χ1n) is 5.50. The van der Waals surface area contributed by atoms with Crippen LogP contribution in [0.1, 0.15) is 40.5 Å². The lowest BCUT2D eigenvalue weighted by Crippen LogP contribution is -2.46. The molecule has 0 aliphatic carbocycles. The predicted molar refractivity (Wildman–Crippen MR) is 57.8 cm³/mol. The molecule has 4 heteroatoms. The number of hydrogen-bond acceptors (Lipinski definition) is 3. The first-order valence-corrected chi connectivity index (χ1v) is 5.50. The molecule has 0 spiro atoms. The minimum Gasteiger partial charge on any atom is -0.447 e. The summed E-state index contributed by atoms with van der Waals surface area (Å²) >= 11 is 0. The van der Waals surface area contributed by atoms with Gasteiger partial charge in [0.2, 0.25) is 0 Å². The lowest BCUT2D eigenvalue weighted by molar-refractivity contribution is -0.0624. The summed E-state index contributed by atoms with van der Waals surface area (Å²) in [5.74, 6) is 0. The molecule has 1 saturated heterocycles. The van der Waals surface area contributed by atoms with Crippen molar-refractivity contribution in [2.24, 2.45) is 0 Å². The molecule has 1 amide bonds. The highest BCUT2D eigenvalue weighted by Crippen LogP contribution is 2.23. The summed E-state index contributed by atoms with van der Waals surface area (Å²) in [7, 11) is 0. The van der Waals surface area contributed by atoms with Gasteiger partial charge in [0.15, 0.2) is 0 Å². The summed E-state index contributed by atoms with van der Waals surface area (Å²) in [5, 5.41) is 2.86. The summed E-state index contributed by atoms with van der Waals surface area (Å²) in [6, 6.07) is 0.167. The average Bonchev–Trinajstić information content (AvgIpc) is 1.99. The van der Waals surface area contributed by atoms with E-state index in [2.05, 4.69) is 5.32 Å². The largest absolute Gasteiger partial charge is 0.447 e. The number of rotatable bonds is 2. The smallest absolute Gasteiger partial charge is 0.407 e. The summed E-state index contributed by atoms with van der Waals surface area (Å²) in [6.45, 7) is 8.45. The van der Waals surface area contributed by atoms with Crippen LogP contribution in [-0.4, -0.2) is 30.4 Å². The molecule has 15 heavy (non-hydrogen) atoms. The number of ether oxygens (including phenoxy) is 2. The van der Waals surface area contributed by atoms with E-state index in [0.29, 0.717) is 6.61 Å². The van der Waals surface area contributed by atoms with Crippen LogP contribution in [0.25, 0.3) is 0 Å². The molecule has 4 nitrogen and oxygen atoms in total. The second-order valence-corrected chi connectivity index (χ2v) is 4.90. The Morgan fingerprint density at radius 1 is 1.53 bits per heavy atom. The van der Waals surface area contributed by atoms with Crippen LogP contribution in [0, 0.1) is 0 Å². The third kappa shape index (κ3) is 4.51. The molecule has 0 aromatic carbocycles. The van der Waals surface area contributed by atoms with Crippen molar-refractivity contribution in [3.05, 3.63) is 0 Å². The summed E-state index contributed by atoms with van der Waals surface area (Å²) in [6.07, 6.45) is 1.29. The van der Waals surface area contributed by atoms with Crippen LogP contribution in [0.15, 0.2) is 0 Å². The molecule has 1 unspecified atom stereocenters. The molecule has 1 rings (SSSR count). The van der Waals surface area contributed by atoms with Gasteiger partial charge in [0.25, 0.3) is 0 Å². The average molecular weight is 215 g/mol. The Bertz CT molecular complexity index is 226. The standard InChI is InChI=1S/C11H21NO3/c1-8(2)15-10(13)12-9-5-6-14-11(3,4)7-9/h8-9H,5-7H2,1-4H3,(H,12,13). The fourth-order valence-electron chi connectivity index (χ4n) is 1.77. The highest BCUT2D eigenvalue weighted by atomic mass is 16.6. The molecular weight excluding hydrogens is 194 g/mol. The number of amides is 1. The summed E-state index contributed by atoms with van der Waals surface area (Å²) < 4.78 is 10.6. The molecule has 0 saturated carbocycles. The maximum atomic E-state index is 11.4. The molecular formula is C11H21NO3. The first-order chi connectivity index (χ1) is 6.89. The zero-order valence-electron chi connectivity index (χ0n) is 10.0. The second kappa shape index (κ2) is 4.84. The Morgan fingerprint density at radius 3 is 2.73 bits per heavy atom. The van der Waals surface area contributed by atoms with Crippen LogP contribution in [0.4, 0.5) is 4.79 Å². The van der Waals surface area contributed by atoms with Gasteiger partial charge in [0.05, 0.1) is 11.7 Å². The van der Waals surface area contributed by atoms with E-state index in [1.54, 1.807) is 0 Å². The molecule has 0 bridgehead atoms. The normalized spacial score (nSPS) is 25.0. The van der Waals surface area contributed by atoms with E-state index in [1.165, 1.54) is 0 Å². The number of carbonyl (C=O) groups excluding carboxylic acids is 1. The van der Waals surface area contributed by atoms with Gasteiger partial charge in [-0.2, -0.15) is 0 Å². The topological polar surface area (TPSA) is 47.6 Å². The van der Waals surface area contributed by atoms with Crippen LogP contribution in [0.5, 0.6) is 0 Å². The van der Waals surface area contributed by atoms with Crippen molar-refractivity contribution in [3.8, 4) is 0 Å². The lowest BCUT2D eigenvalue weighted by atomic mass is 9.94. The van der Waals surface area contributed by atoms with E-state index in [1.807, 2.05) is 27.7 Å². The molecule has 1 aliphatic rings. The van der Waals surface area contributed by atoms with Crippen molar-refractivity contribution in [2.45, 2.75) is 58.3 Å². The van der Waals surface area contributed by atoms with Crippen LogP contribution in [0.2, 0.25) is 0 Å². The van der Waals surface area contributed by atoms with Gasteiger partial charge in [0, 0.05) is 12.6 Å². The Hall–Kier alpha value is -0.770. The highest BCUT2D eigenvalue weighted by molar-refractivity contribution is 5.67. The van der Waals surface area contributed by atoms with Crippen LogP contribution >= 0.6 is 0 Å². The third-order valence-electron chi connectivity index (χ3n) is 2.36. The van der Waals surface area contributed by atoms with Crippen molar-refractivity contribution in [1.29, 1.82) is 0 Å². The highest BCUT2D eigenvalue weighted by Gasteiger charge is 2.29. The van der Waals surface area contributed by atoms with Gasteiger partial charge in [-0.25, -0.2) is 4.79 Å². The van der Waals surface area contributed by atoms with E-state index >= 15 is 0 Å². The molecule has 1 N–H and O–H groups in total. The predicted octanol–water partition coefficient (Wildman–Crippen LogP) is 2.08. The van der Waals surface area contributed by atoms with Crippen LogP contribution in [0.3, 0.4) is 0 Å². The van der Waals surface area contributed by atoms with Crippen molar-refractivity contribution in [1.82, 2.24) is 5.32 Å². The van der Waals surface area contributed by atoms with Gasteiger partial charge < -0.3 is 14.8 Å². The van der Waals surface area contributed by atoms with E-state index in [9.17, 15) is 4.79 Å². The zero-order valence-corrected chi connectivity index (χ0v) is 10.0. The van der Waals surface area contributed by atoms with E-state index in [-0.39, 0.29) is 23.8 Å². The van der Waals surface area contributed by atoms with E-state index in [0.717, 1.165) is 12.8 Å². The summed E-state index contributed by atoms with van der Waals surface area (Å²) in [4.78, 5) is 11.4. The molecule has 0 radical (unpaired) electrons. The monoisotopic (exact) mass is 215 g/mol. The number of alkyl carbamates (subject to hydrolysis) is 1. The fraction of sp³-hybridized carbons (Fsp3) is 0.909. The molecule has 1 fully saturated rings. The molecule has 1 atom stereocenters. The molecule has 0 aromatic rings. The maximum absolute atomic E-state index is 11.4. The quantitative estimate of drug-likeness (QED) is 0.767. The number of carbonyl (C=O) groups is 1. The van der Waals surface area contributed by atoms with Crippen molar-refractivity contribution >= 4 is 6.09 Å². The number of hydrogen-bond donors (Lipinski definition) is 1. The van der Waals surface area contributed by atoms with E-state index < -0.39 is 0 Å². The zero-order chi connectivity index (χ0) is 11.5. The third-order valence-corrected chi connectivity index (χ3v) is 2.36. The fourth-order valence-corrected chi connectivity index (χ4v) is 1.77. The second-order valence-electron chi connectivity index (χ2n) is 4.90. The molecule has 0 aromatic heterocycles. The number of nitrogens with one attached hydrogen (secondary N) is 1. The minimum absolute atomic E-state index is 0.0714. The van der Waals surface area contributed by atoms with Gasteiger partial charge >= 0.3 is 6.09 Å². The van der Waals surface area contributed by atoms with E-state index in [4.69, 9.17) is 9.47 Å². The van der Waals surface area contributed by atoms with Gasteiger partial charge in [-0.15, -0.1) is 0 Å². The SMILES string of the molecule is CC(C)OC(=O)NC1CCOC(C)(C)C1. The minimum atomic E-state index is -0.326.